The maximum absolute atomic E-state index is 11.2. The summed E-state index contributed by atoms with van der Waals surface area (Å²) in [5.74, 6) is 0.866. The lowest BCUT2D eigenvalue weighted by Gasteiger charge is -2.33. The molecule has 4 rings (SSSR count). The first kappa shape index (κ1) is 16.7. The van der Waals surface area contributed by atoms with Crippen molar-refractivity contribution < 1.29 is 19.2 Å². The van der Waals surface area contributed by atoms with E-state index in [4.69, 9.17) is 9.31 Å². The van der Waals surface area contributed by atoms with Crippen molar-refractivity contribution in [3.05, 3.63) is 18.3 Å². The van der Waals surface area contributed by atoms with E-state index in [1.54, 1.807) is 11.1 Å². The molecule has 8 heteroatoms. The zero-order chi connectivity index (χ0) is 18.0. The SMILES string of the molecule is CC1(C)OB(c2ccnc(N3C[C@@H]4C[C@H]3CN4C(=O)O)c2)OC1(C)C. The summed E-state index contributed by atoms with van der Waals surface area (Å²) in [5.41, 5.74) is 0.188. The van der Waals surface area contributed by atoms with Gasteiger partial charge >= 0.3 is 13.2 Å². The quantitative estimate of drug-likeness (QED) is 0.815. The van der Waals surface area contributed by atoms with Crippen molar-refractivity contribution in [2.75, 3.05) is 18.0 Å². The highest BCUT2D eigenvalue weighted by Crippen LogP contribution is 2.37. The summed E-state index contributed by atoms with van der Waals surface area (Å²) in [5, 5.41) is 9.24. The minimum atomic E-state index is -0.828. The third kappa shape index (κ3) is 2.59. The summed E-state index contributed by atoms with van der Waals surface area (Å²) in [6.45, 7) is 9.38. The van der Waals surface area contributed by atoms with Gasteiger partial charge in [-0.2, -0.15) is 0 Å². The van der Waals surface area contributed by atoms with Crippen LogP contribution in [0.25, 0.3) is 0 Å². The van der Waals surface area contributed by atoms with Gasteiger partial charge in [0, 0.05) is 19.3 Å². The van der Waals surface area contributed by atoms with Gasteiger partial charge in [0.15, 0.2) is 0 Å². The highest BCUT2D eigenvalue weighted by molar-refractivity contribution is 6.62. The molecule has 0 saturated carbocycles. The first-order valence-electron chi connectivity index (χ1n) is 8.76. The molecule has 2 bridgehead atoms. The zero-order valence-electron chi connectivity index (χ0n) is 15.1. The molecule has 1 aromatic rings. The van der Waals surface area contributed by atoms with Crippen LogP contribution in [0.4, 0.5) is 10.6 Å². The zero-order valence-corrected chi connectivity index (χ0v) is 15.1. The van der Waals surface area contributed by atoms with Gasteiger partial charge in [0.1, 0.15) is 5.82 Å². The van der Waals surface area contributed by atoms with Crippen LogP contribution in [0, 0.1) is 0 Å². The summed E-state index contributed by atoms with van der Waals surface area (Å²) in [4.78, 5) is 19.5. The van der Waals surface area contributed by atoms with E-state index in [1.165, 1.54) is 0 Å². The van der Waals surface area contributed by atoms with Gasteiger partial charge in [0.25, 0.3) is 0 Å². The van der Waals surface area contributed by atoms with Crippen molar-refractivity contribution in [2.45, 2.75) is 57.4 Å². The van der Waals surface area contributed by atoms with Gasteiger partial charge < -0.3 is 24.2 Å². The summed E-state index contributed by atoms with van der Waals surface area (Å²) in [6, 6.07) is 4.18. The number of hydrogen-bond acceptors (Lipinski definition) is 5. The molecule has 1 aromatic heterocycles. The molecule has 0 aromatic carbocycles. The number of amides is 1. The second kappa shape index (κ2) is 5.35. The second-order valence-electron chi connectivity index (χ2n) is 8.17. The molecule has 3 aliphatic heterocycles. The molecule has 3 aliphatic rings. The van der Waals surface area contributed by atoms with Gasteiger partial charge in [-0.1, -0.05) is 0 Å². The molecule has 2 atom stereocenters. The van der Waals surface area contributed by atoms with E-state index in [2.05, 4.69) is 9.88 Å². The Labute approximate surface area is 148 Å². The average molecular weight is 345 g/mol. The fourth-order valence-corrected chi connectivity index (χ4v) is 3.90. The molecule has 0 radical (unpaired) electrons. The van der Waals surface area contributed by atoms with Crippen LogP contribution in [-0.4, -0.2) is 64.6 Å². The van der Waals surface area contributed by atoms with E-state index in [9.17, 15) is 9.90 Å². The Morgan fingerprint density at radius 3 is 2.48 bits per heavy atom. The van der Waals surface area contributed by atoms with Crippen LogP contribution in [0.2, 0.25) is 0 Å². The fourth-order valence-electron chi connectivity index (χ4n) is 3.90. The van der Waals surface area contributed by atoms with E-state index >= 15 is 0 Å². The number of rotatable bonds is 2. The maximum atomic E-state index is 11.2. The largest absolute Gasteiger partial charge is 0.495 e. The lowest BCUT2D eigenvalue weighted by atomic mass is 9.79. The van der Waals surface area contributed by atoms with Crippen LogP contribution < -0.4 is 10.4 Å². The third-order valence-corrected chi connectivity index (χ3v) is 6.08. The normalized spacial score (nSPS) is 29.5. The Morgan fingerprint density at radius 2 is 1.92 bits per heavy atom. The van der Waals surface area contributed by atoms with Crippen molar-refractivity contribution in [2.24, 2.45) is 0 Å². The molecule has 1 N–H and O–H groups in total. The summed E-state index contributed by atoms with van der Waals surface area (Å²) >= 11 is 0. The minimum absolute atomic E-state index is 0.0600. The Kier molecular flexibility index (Phi) is 3.56. The van der Waals surface area contributed by atoms with Crippen LogP contribution in [0.3, 0.4) is 0 Å². The topological polar surface area (TPSA) is 75.1 Å². The van der Waals surface area contributed by atoms with Crippen molar-refractivity contribution >= 4 is 24.5 Å². The molecule has 0 unspecified atom stereocenters. The number of aromatic nitrogens is 1. The number of hydrogen-bond donors (Lipinski definition) is 1. The minimum Gasteiger partial charge on any atom is -0.465 e. The molecule has 3 saturated heterocycles. The van der Waals surface area contributed by atoms with Crippen molar-refractivity contribution in [1.82, 2.24) is 9.88 Å². The van der Waals surface area contributed by atoms with Gasteiger partial charge in [-0.15, -0.1) is 0 Å². The van der Waals surface area contributed by atoms with Crippen LogP contribution >= 0.6 is 0 Å². The number of anilines is 1. The first-order chi connectivity index (χ1) is 11.7. The average Bonchev–Trinajstić information content (AvgIpc) is 3.19. The van der Waals surface area contributed by atoms with Crippen LogP contribution in [0.15, 0.2) is 18.3 Å². The number of piperazine rings is 1. The fraction of sp³-hybridized carbons (Fsp3) is 0.647. The van der Waals surface area contributed by atoms with Gasteiger partial charge in [0.05, 0.1) is 23.3 Å². The lowest BCUT2D eigenvalue weighted by molar-refractivity contribution is 0.00578. The van der Waals surface area contributed by atoms with Crippen molar-refractivity contribution in [1.29, 1.82) is 0 Å². The molecule has 1 amide bonds. The predicted octanol–water partition coefficient (Wildman–Crippen LogP) is 1.32. The predicted molar refractivity (Wildman–Crippen MR) is 94.2 cm³/mol. The van der Waals surface area contributed by atoms with E-state index in [0.29, 0.717) is 13.1 Å². The first-order valence-corrected chi connectivity index (χ1v) is 8.76. The molecule has 25 heavy (non-hydrogen) atoms. The molecule has 0 aliphatic carbocycles. The standard InChI is InChI=1S/C17H24BN3O4/c1-16(2)17(3,4)25-18(24-16)11-5-6-19-14(7-11)20-9-13-8-12(20)10-21(13)15(22)23/h5-7,12-13H,8-10H2,1-4H3,(H,22,23)/t12-,13-/m0/s1. The Hall–Kier alpha value is -1.80. The van der Waals surface area contributed by atoms with Gasteiger partial charge in [0.2, 0.25) is 0 Å². The second-order valence-corrected chi connectivity index (χ2v) is 8.17. The Balaban J connectivity index is 1.54. The number of likely N-dealkylation sites (tertiary alicyclic amines) is 1. The van der Waals surface area contributed by atoms with Crippen LogP contribution in [-0.2, 0) is 9.31 Å². The molecule has 7 nitrogen and oxygen atoms in total. The summed E-state index contributed by atoms with van der Waals surface area (Å²) < 4.78 is 12.2. The number of carbonyl (C=O) groups is 1. The molecule has 3 fully saturated rings. The van der Waals surface area contributed by atoms with Crippen molar-refractivity contribution in [3.63, 3.8) is 0 Å². The smallest absolute Gasteiger partial charge is 0.465 e. The molecular weight excluding hydrogens is 321 g/mol. The molecule has 4 heterocycles. The molecular formula is C17H24BN3O4. The highest BCUT2D eigenvalue weighted by Gasteiger charge is 2.52. The number of carboxylic acid groups (broad SMARTS) is 1. The number of fused-ring (bicyclic) bond motifs is 2. The van der Waals surface area contributed by atoms with Crippen molar-refractivity contribution in [3.8, 4) is 0 Å². The van der Waals surface area contributed by atoms with E-state index in [1.807, 2.05) is 39.8 Å². The highest BCUT2D eigenvalue weighted by atomic mass is 16.7. The number of nitrogens with zero attached hydrogens (tertiary/aromatic N) is 3. The van der Waals surface area contributed by atoms with E-state index in [-0.39, 0.29) is 23.3 Å². The maximum Gasteiger partial charge on any atom is 0.495 e. The monoisotopic (exact) mass is 345 g/mol. The number of pyridine rings is 1. The lowest BCUT2D eigenvalue weighted by Crippen LogP contribution is -2.49. The molecule has 134 valence electrons. The van der Waals surface area contributed by atoms with Crippen LogP contribution in [0.5, 0.6) is 0 Å². The third-order valence-electron chi connectivity index (χ3n) is 6.08. The summed E-state index contributed by atoms with van der Waals surface area (Å²) in [7, 11) is -0.415. The van der Waals surface area contributed by atoms with Gasteiger partial charge in [-0.25, -0.2) is 9.78 Å². The van der Waals surface area contributed by atoms with Gasteiger partial charge in [-0.05, 0) is 51.7 Å². The Morgan fingerprint density at radius 1 is 1.24 bits per heavy atom. The Bertz CT molecular complexity index is 695. The van der Waals surface area contributed by atoms with Crippen LogP contribution in [0.1, 0.15) is 34.1 Å². The summed E-state index contributed by atoms with van der Waals surface area (Å²) in [6.07, 6.45) is 1.82. The van der Waals surface area contributed by atoms with E-state index in [0.717, 1.165) is 17.7 Å². The van der Waals surface area contributed by atoms with E-state index < -0.39 is 13.2 Å². The molecule has 0 spiro atoms. The van der Waals surface area contributed by atoms with Gasteiger partial charge in [-0.3, -0.25) is 0 Å².